The van der Waals surface area contributed by atoms with Gasteiger partial charge in [0.25, 0.3) is 0 Å². The van der Waals surface area contributed by atoms with E-state index in [4.69, 9.17) is 0 Å². The van der Waals surface area contributed by atoms with Crippen LogP contribution < -0.4 is 10.3 Å². The van der Waals surface area contributed by atoms with Crippen molar-refractivity contribution in [2.75, 3.05) is 6.26 Å². The Hall–Kier alpha value is -1.90. The molecule has 0 aliphatic carbocycles. The van der Waals surface area contributed by atoms with Crippen LogP contribution in [0, 0.1) is 6.92 Å². The summed E-state index contributed by atoms with van der Waals surface area (Å²) in [5.41, 5.74) is 4.25. The van der Waals surface area contributed by atoms with Crippen LogP contribution in [0.15, 0.2) is 42.5 Å². The van der Waals surface area contributed by atoms with Gasteiger partial charge in [0.15, 0.2) is 0 Å². The lowest BCUT2D eigenvalue weighted by Crippen LogP contribution is -2.36. The fourth-order valence-electron chi connectivity index (χ4n) is 2.25. The molecule has 0 bridgehead atoms. The van der Waals surface area contributed by atoms with Gasteiger partial charge in [-0.05, 0) is 35.7 Å². The molecular weight excluding hydrogens is 341 g/mol. The Labute approximate surface area is 138 Å². The van der Waals surface area contributed by atoms with Gasteiger partial charge in [0.1, 0.15) is 0 Å². The molecule has 2 aromatic carbocycles. The van der Waals surface area contributed by atoms with Gasteiger partial charge >= 0.3 is 6.18 Å². The van der Waals surface area contributed by atoms with Crippen molar-refractivity contribution in [3.8, 4) is 11.1 Å². The van der Waals surface area contributed by atoms with E-state index in [1.807, 2.05) is 13.0 Å². The molecule has 0 saturated heterocycles. The number of halogens is 3. The van der Waals surface area contributed by atoms with Gasteiger partial charge < -0.3 is 0 Å². The van der Waals surface area contributed by atoms with E-state index < -0.39 is 21.8 Å². The molecule has 2 rings (SSSR count). The first kappa shape index (κ1) is 18.4. The van der Waals surface area contributed by atoms with Gasteiger partial charge in [-0.1, -0.05) is 35.9 Å². The van der Waals surface area contributed by atoms with Gasteiger partial charge in [-0.3, -0.25) is 0 Å². The number of benzene rings is 2. The Morgan fingerprint density at radius 3 is 2.38 bits per heavy atom. The lowest BCUT2D eigenvalue weighted by atomic mass is 9.96. The molecule has 0 saturated carbocycles. The maximum Gasteiger partial charge on any atom is 0.416 e. The van der Waals surface area contributed by atoms with Crippen LogP contribution in [-0.2, 0) is 22.7 Å². The fourth-order valence-corrected chi connectivity index (χ4v) is 2.59. The zero-order valence-corrected chi connectivity index (χ0v) is 13.9. The van der Waals surface area contributed by atoms with Gasteiger partial charge in [0.05, 0.1) is 11.8 Å². The van der Waals surface area contributed by atoms with Gasteiger partial charge in [-0.15, -0.1) is 0 Å². The number of rotatable bonds is 5. The van der Waals surface area contributed by atoms with E-state index in [1.165, 1.54) is 6.07 Å². The second-order valence-corrected chi connectivity index (χ2v) is 7.22. The van der Waals surface area contributed by atoms with Crippen molar-refractivity contribution in [2.24, 2.45) is 0 Å². The third-order valence-electron chi connectivity index (χ3n) is 3.30. The SMILES string of the molecule is Cc1cccc(-c2cc(C(F)(F)F)ccc2CNNS(C)(=O)=O)c1. The Morgan fingerprint density at radius 2 is 1.79 bits per heavy atom. The van der Waals surface area contributed by atoms with Crippen LogP contribution in [0.3, 0.4) is 0 Å². The monoisotopic (exact) mass is 358 g/mol. The van der Waals surface area contributed by atoms with E-state index in [-0.39, 0.29) is 6.54 Å². The summed E-state index contributed by atoms with van der Waals surface area (Å²) in [5, 5.41) is 0. The molecule has 2 aromatic rings. The molecule has 0 aromatic heterocycles. The van der Waals surface area contributed by atoms with Crippen LogP contribution in [0.1, 0.15) is 16.7 Å². The summed E-state index contributed by atoms with van der Waals surface area (Å²) in [6.07, 6.45) is -3.47. The Morgan fingerprint density at radius 1 is 1.08 bits per heavy atom. The molecule has 0 heterocycles. The number of aryl methyl sites for hydroxylation is 1. The van der Waals surface area contributed by atoms with Gasteiger partial charge in [-0.2, -0.15) is 18.0 Å². The first-order chi connectivity index (χ1) is 11.1. The molecular formula is C16H17F3N2O2S. The van der Waals surface area contributed by atoms with Crippen molar-refractivity contribution >= 4 is 10.0 Å². The molecule has 0 unspecified atom stereocenters. The van der Waals surface area contributed by atoms with Crippen LogP contribution in [0.25, 0.3) is 11.1 Å². The zero-order chi connectivity index (χ0) is 18.0. The minimum Gasteiger partial charge on any atom is -0.240 e. The summed E-state index contributed by atoms with van der Waals surface area (Å²) in [5.74, 6) is 0. The smallest absolute Gasteiger partial charge is 0.240 e. The third kappa shape index (κ3) is 5.05. The van der Waals surface area contributed by atoms with E-state index in [1.54, 1.807) is 18.2 Å². The minimum absolute atomic E-state index is 0.0501. The first-order valence-electron chi connectivity index (χ1n) is 7.03. The van der Waals surface area contributed by atoms with Crippen LogP contribution in [-0.4, -0.2) is 14.7 Å². The fraction of sp³-hybridized carbons (Fsp3) is 0.250. The van der Waals surface area contributed by atoms with Crippen molar-refractivity contribution in [1.29, 1.82) is 0 Å². The molecule has 0 amide bonds. The van der Waals surface area contributed by atoms with Gasteiger partial charge in [0.2, 0.25) is 10.0 Å². The molecule has 0 radical (unpaired) electrons. The molecule has 0 aliphatic rings. The maximum absolute atomic E-state index is 13.0. The predicted molar refractivity (Wildman–Crippen MR) is 86.4 cm³/mol. The Bertz CT molecular complexity index is 833. The van der Waals surface area contributed by atoms with Gasteiger partial charge in [-0.25, -0.2) is 13.8 Å². The van der Waals surface area contributed by atoms with Crippen molar-refractivity contribution in [3.05, 3.63) is 59.2 Å². The highest BCUT2D eigenvalue weighted by atomic mass is 32.2. The highest BCUT2D eigenvalue weighted by Crippen LogP contribution is 2.34. The summed E-state index contributed by atoms with van der Waals surface area (Å²) < 4.78 is 61.2. The summed E-state index contributed by atoms with van der Waals surface area (Å²) in [7, 11) is -3.45. The number of hydrogen-bond acceptors (Lipinski definition) is 3. The van der Waals surface area contributed by atoms with Crippen molar-refractivity contribution in [3.63, 3.8) is 0 Å². The Balaban J connectivity index is 2.42. The Kier molecular flexibility index (Phi) is 5.32. The van der Waals surface area contributed by atoms with E-state index in [9.17, 15) is 21.6 Å². The zero-order valence-electron chi connectivity index (χ0n) is 13.1. The number of sulfonamides is 1. The topological polar surface area (TPSA) is 58.2 Å². The van der Waals surface area contributed by atoms with Crippen LogP contribution >= 0.6 is 0 Å². The van der Waals surface area contributed by atoms with Crippen molar-refractivity contribution in [2.45, 2.75) is 19.6 Å². The summed E-state index contributed by atoms with van der Waals surface area (Å²) in [6.45, 7) is 1.90. The highest BCUT2D eigenvalue weighted by Gasteiger charge is 2.31. The van der Waals surface area contributed by atoms with Crippen molar-refractivity contribution < 1.29 is 21.6 Å². The second kappa shape index (κ2) is 6.92. The lowest BCUT2D eigenvalue weighted by molar-refractivity contribution is -0.137. The van der Waals surface area contributed by atoms with E-state index in [0.29, 0.717) is 16.7 Å². The van der Waals surface area contributed by atoms with E-state index in [2.05, 4.69) is 10.3 Å². The molecule has 130 valence electrons. The summed E-state index contributed by atoms with van der Waals surface area (Å²) in [4.78, 5) is 2.11. The average Bonchev–Trinajstić information content (AvgIpc) is 2.45. The van der Waals surface area contributed by atoms with E-state index >= 15 is 0 Å². The van der Waals surface area contributed by atoms with Crippen LogP contribution in [0.5, 0.6) is 0 Å². The highest BCUT2D eigenvalue weighted by molar-refractivity contribution is 7.88. The third-order valence-corrected chi connectivity index (χ3v) is 3.82. The number of nitrogens with one attached hydrogen (secondary N) is 2. The number of hydrogen-bond donors (Lipinski definition) is 2. The number of alkyl halides is 3. The molecule has 4 nitrogen and oxygen atoms in total. The standard InChI is InChI=1S/C16H17F3N2O2S/c1-11-4-3-5-12(8-11)15-9-14(16(17,18)19)7-6-13(15)10-20-21-24(2,22)23/h3-9,20-21H,10H2,1-2H3. The largest absolute Gasteiger partial charge is 0.416 e. The lowest BCUT2D eigenvalue weighted by Gasteiger charge is -2.15. The summed E-state index contributed by atoms with van der Waals surface area (Å²) >= 11 is 0. The van der Waals surface area contributed by atoms with Gasteiger partial charge in [0, 0.05) is 6.54 Å². The maximum atomic E-state index is 13.0. The number of hydrazine groups is 1. The quantitative estimate of drug-likeness (QED) is 0.807. The second-order valence-electron chi connectivity index (χ2n) is 5.47. The normalized spacial score (nSPS) is 12.4. The van der Waals surface area contributed by atoms with Crippen molar-refractivity contribution in [1.82, 2.24) is 10.3 Å². The average molecular weight is 358 g/mol. The van der Waals surface area contributed by atoms with E-state index in [0.717, 1.165) is 24.0 Å². The molecule has 24 heavy (non-hydrogen) atoms. The summed E-state index contributed by atoms with van der Waals surface area (Å²) in [6, 6.07) is 10.5. The molecule has 0 fully saturated rings. The molecule has 0 spiro atoms. The van der Waals surface area contributed by atoms with Crippen LogP contribution in [0.4, 0.5) is 13.2 Å². The predicted octanol–water partition coefficient (Wildman–Crippen LogP) is 3.23. The first-order valence-corrected chi connectivity index (χ1v) is 8.92. The van der Waals surface area contributed by atoms with Crippen LogP contribution in [0.2, 0.25) is 0 Å². The molecule has 0 atom stereocenters. The molecule has 0 aliphatic heterocycles. The molecule has 8 heteroatoms. The minimum atomic E-state index is -4.45. The molecule has 2 N–H and O–H groups in total.